The predicted molar refractivity (Wildman–Crippen MR) is 68.8 cm³/mol. The fraction of sp³-hybridized carbons (Fsp3) is 0.923. The molecule has 1 heterocycles. The second kappa shape index (κ2) is 8.48. The third kappa shape index (κ3) is 5.04. The average Bonchev–Trinajstić information content (AvgIpc) is 2.68. The summed E-state index contributed by atoms with van der Waals surface area (Å²) in [6, 6.07) is 0.0777. The lowest BCUT2D eigenvalue weighted by Crippen LogP contribution is -2.31. The summed E-state index contributed by atoms with van der Waals surface area (Å²) in [4.78, 5) is 13.9. The molecule has 0 aromatic rings. The molecule has 100 valence electrons. The molecule has 0 aliphatic carbocycles. The van der Waals surface area contributed by atoms with E-state index in [4.69, 9.17) is 4.74 Å². The number of ether oxygens (including phenoxy) is 1. The lowest BCUT2D eigenvalue weighted by Gasteiger charge is -2.15. The first-order valence-electron chi connectivity index (χ1n) is 6.80. The van der Waals surface area contributed by atoms with Crippen LogP contribution >= 0.6 is 0 Å². The summed E-state index contributed by atoms with van der Waals surface area (Å²) in [5.74, 6) is 0.296. The van der Waals surface area contributed by atoms with Crippen molar-refractivity contribution in [3.8, 4) is 0 Å². The number of amides is 1. The van der Waals surface area contributed by atoms with Crippen molar-refractivity contribution in [2.24, 2.45) is 0 Å². The number of carbonyl (C=O) groups excluding carboxylic acids is 1. The Kier molecular flexibility index (Phi) is 7.21. The van der Waals surface area contributed by atoms with Gasteiger partial charge >= 0.3 is 0 Å². The summed E-state index contributed by atoms with van der Waals surface area (Å²) in [6.07, 6.45) is 6.57. The van der Waals surface area contributed by atoms with E-state index in [1.807, 2.05) is 4.90 Å². The van der Waals surface area contributed by atoms with Crippen LogP contribution in [0.4, 0.5) is 0 Å². The number of hydrogen-bond acceptors (Lipinski definition) is 3. The Labute approximate surface area is 105 Å². The third-order valence-electron chi connectivity index (χ3n) is 3.26. The highest BCUT2D eigenvalue weighted by molar-refractivity contribution is 5.83. The van der Waals surface area contributed by atoms with E-state index in [-0.39, 0.29) is 6.04 Å². The first kappa shape index (κ1) is 14.5. The normalized spacial score (nSPS) is 20.2. The van der Waals surface area contributed by atoms with Gasteiger partial charge in [-0.2, -0.15) is 0 Å². The predicted octanol–water partition coefficient (Wildman–Crippen LogP) is 1.75. The SMILES string of the molecule is CCCCC1NCN(CCCCCOC)C1=O. The van der Waals surface area contributed by atoms with Crippen LogP contribution in [0.2, 0.25) is 0 Å². The summed E-state index contributed by atoms with van der Waals surface area (Å²) in [5.41, 5.74) is 0. The zero-order chi connectivity index (χ0) is 12.5. The van der Waals surface area contributed by atoms with Crippen LogP contribution in [0, 0.1) is 0 Å². The third-order valence-corrected chi connectivity index (χ3v) is 3.26. The van der Waals surface area contributed by atoms with Gasteiger partial charge in [0.05, 0.1) is 12.7 Å². The Bertz CT molecular complexity index is 221. The summed E-state index contributed by atoms with van der Waals surface area (Å²) in [5, 5.41) is 3.30. The second-order valence-corrected chi connectivity index (χ2v) is 4.71. The maximum absolute atomic E-state index is 12.0. The monoisotopic (exact) mass is 242 g/mol. The molecule has 1 amide bonds. The fourth-order valence-corrected chi connectivity index (χ4v) is 2.15. The molecule has 1 rings (SSSR count). The van der Waals surface area contributed by atoms with Gasteiger partial charge in [0.1, 0.15) is 0 Å². The van der Waals surface area contributed by atoms with Gasteiger partial charge in [-0.1, -0.05) is 19.8 Å². The molecule has 1 atom stereocenters. The van der Waals surface area contributed by atoms with Crippen LogP contribution in [0.5, 0.6) is 0 Å². The molecule has 1 aliphatic rings. The minimum absolute atomic E-state index is 0.0777. The molecule has 0 aromatic heterocycles. The summed E-state index contributed by atoms with van der Waals surface area (Å²) < 4.78 is 5.00. The van der Waals surface area contributed by atoms with E-state index in [0.717, 1.165) is 58.3 Å². The molecule has 4 heteroatoms. The number of rotatable bonds is 9. The van der Waals surface area contributed by atoms with Crippen LogP contribution in [-0.4, -0.2) is 43.8 Å². The molecular weight excluding hydrogens is 216 g/mol. The number of nitrogens with one attached hydrogen (secondary N) is 1. The van der Waals surface area contributed by atoms with Gasteiger partial charge < -0.3 is 9.64 Å². The standard InChI is InChI=1S/C13H26N2O2/c1-3-4-8-12-13(16)15(11-14-12)9-6-5-7-10-17-2/h12,14H,3-11H2,1-2H3. The van der Waals surface area contributed by atoms with Gasteiger partial charge in [0, 0.05) is 20.3 Å². The molecule has 1 saturated heterocycles. The average molecular weight is 242 g/mol. The molecule has 0 bridgehead atoms. The van der Waals surface area contributed by atoms with Crippen molar-refractivity contribution in [1.29, 1.82) is 0 Å². The van der Waals surface area contributed by atoms with Gasteiger partial charge in [-0.05, 0) is 25.7 Å². The quantitative estimate of drug-likeness (QED) is 0.626. The first-order chi connectivity index (χ1) is 8.29. The Morgan fingerprint density at radius 2 is 2.18 bits per heavy atom. The fourth-order valence-electron chi connectivity index (χ4n) is 2.15. The first-order valence-corrected chi connectivity index (χ1v) is 6.80. The molecule has 4 nitrogen and oxygen atoms in total. The summed E-state index contributed by atoms with van der Waals surface area (Å²) in [7, 11) is 1.73. The van der Waals surface area contributed by atoms with Crippen molar-refractivity contribution in [3.63, 3.8) is 0 Å². The van der Waals surface area contributed by atoms with E-state index in [1.165, 1.54) is 0 Å². The van der Waals surface area contributed by atoms with Crippen molar-refractivity contribution < 1.29 is 9.53 Å². The van der Waals surface area contributed by atoms with Crippen molar-refractivity contribution in [1.82, 2.24) is 10.2 Å². The molecule has 0 aromatic carbocycles. The topological polar surface area (TPSA) is 41.6 Å². The highest BCUT2D eigenvalue weighted by atomic mass is 16.5. The van der Waals surface area contributed by atoms with Crippen LogP contribution in [0.1, 0.15) is 45.4 Å². The highest BCUT2D eigenvalue weighted by Gasteiger charge is 2.29. The molecule has 1 N–H and O–H groups in total. The second-order valence-electron chi connectivity index (χ2n) is 4.71. The highest BCUT2D eigenvalue weighted by Crippen LogP contribution is 2.11. The van der Waals surface area contributed by atoms with Gasteiger partial charge in [0.2, 0.25) is 5.91 Å². The van der Waals surface area contributed by atoms with Gasteiger partial charge in [-0.25, -0.2) is 0 Å². The number of carbonyl (C=O) groups is 1. The van der Waals surface area contributed by atoms with Crippen LogP contribution in [0.15, 0.2) is 0 Å². The van der Waals surface area contributed by atoms with Gasteiger partial charge in [0.15, 0.2) is 0 Å². The molecular formula is C13H26N2O2. The Morgan fingerprint density at radius 1 is 1.35 bits per heavy atom. The molecule has 1 unspecified atom stereocenters. The largest absolute Gasteiger partial charge is 0.385 e. The van der Waals surface area contributed by atoms with E-state index in [2.05, 4.69) is 12.2 Å². The molecule has 1 fully saturated rings. The van der Waals surface area contributed by atoms with E-state index in [1.54, 1.807) is 7.11 Å². The van der Waals surface area contributed by atoms with E-state index in [0.29, 0.717) is 5.91 Å². The van der Waals surface area contributed by atoms with Gasteiger partial charge in [-0.15, -0.1) is 0 Å². The molecule has 0 spiro atoms. The van der Waals surface area contributed by atoms with Crippen LogP contribution in [0.3, 0.4) is 0 Å². The summed E-state index contributed by atoms with van der Waals surface area (Å²) >= 11 is 0. The van der Waals surface area contributed by atoms with E-state index in [9.17, 15) is 4.79 Å². The number of hydrogen-bond donors (Lipinski definition) is 1. The van der Waals surface area contributed by atoms with Crippen molar-refractivity contribution >= 4 is 5.91 Å². The smallest absolute Gasteiger partial charge is 0.240 e. The van der Waals surface area contributed by atoms with Crippen LogP contribution in [-0.2, 0) is 9.53 Å². The Morgan fingerprint density at radius 3 is 2.88 bits per heavy atom. The van der Waals surface area contributed by atoms with E-state index >= 15 is 0 Å². The summed E-state index contributed by atoms with van der Waals surface area (Å²) in [6.45, 7) is 4.61. The minimum Gasteiger partial charge on any atom is -0.385 e. The van der Waals surface area contributed by atoms with Crippen molar-refractivity contribution in [2.75, 3.05) is 26.9 Å². The zero-order valence-electron chi connectivity index (χ0n) is 11.2. The molecule has 17 heavy (non-hydrogen) atoms. The van der Waals surface area contributed by atoms with Crippen molar-refractivity contribution in [2.45, 2.75) is 51.5 Å². The number of nitrogens with zero attached hydrogens (tertiary/aromatic N) is 1. The molecule has 0 radical (unpaired) electrons. The van der Waals surface area contributed by atoms with Gasteiger partial charge in [-0.3, -0.25) is 10.1 Å². The van der Waals surface area contributed by atoms with Crippen molar-refractivity contribution in [3.05, 3.63) is 0 Å². The van der Waals surface area contributed by atoms with Crippen LogP contribution in [0.25, 0.3) is 0 Å². The number of methoxy groups -OCH3 is 1. The molecule has 1 aliphatic heterocycles. The lowest BCUT2D eigenvalue weighted by molar-refractivity contribution is -0.129. The van der Waals surface area contributed by atoms with Gasteiger partial charge in [0.25, 0.3) is 0 Å². The van der Waals surface area contributed by atoms with Crippen LogP contribution < -0.4 is 5.32 Å². The molecule has 0 saturated carbocycles. The maximum Gasteiger partial charge on any atom is 0.240 e. The minimum atomic E-state index is 0.0777. The number of unbranched alkanes of at least 4 members (excludes halogenated alkanes) is 3. The Hall–Kier alpha value is -0.610. The lowest BCUT2D eigenvalue weighted by atomic mass is 10.1. The maximum atomic E-state index is 12.0. The van der Waals surface area contributed by atoms with E-state index < -0.39 is 0 Å². The zero-order valence-corrected chi connectivity index (χ0v) is 11.2. The Balaban J connectivity index is 2.12.